The van der Waals surface area contributed by atoms with Crippen LogP contribution in [0.15, 0.2) is 48.5 Å². The van der Waals surface area contributed by atoms with E-state index in [4.69, 9.17) is 11.6 Å². The molecule has 1 nitrogen and oxygen atoms in total. The molecule has 0 saturated heterocycles. The third-order valence-electron chi connectivity index (χ3n) is 3.95. The molecule has 2 heteroatoms. The first kappa shape index (κ1) is 12.7. The van der Waals surface area contributed by atoms with Crippen LogP contribution < -0.4 is 5.32 Å². The molecule has 2 aromatic carbocycles. The van der Waals surface area contributed by atoms with Crippen molar-refractivity contribution >= 4 is 11.6 Å². The zero-order valence-electron chi connectivity index (χ0n) is 11.1. The number of halogens is 1. The zero-order valence-corrected chi connectivity index (χ0v) is 11.8. The second kappa shape index (κ2) is 5.36. The molecule has 2 atom stereocenters. The molecule has 0 aromatic heterocycles. The Balaban J connectivity index is 1.74. The van der Waals surface area contributed by atoms with Crippen LogP contribution in [0.1, 0.15) is 42.1 Å². The van der Waals surface area contributed by atoms with Gasteiger partial charge >= 0.3 is 0 Å². The third kappa shape index (κ3) is 2.68. The summed E-state index contributed by atoms with van der Waals surface area (Å²) in [6, 6.07) is 17.7. The fourth-order valence-corrected chi connectivity index (χ4v) is 3.01. The van der Waals surface area contributed by atoms with E-state index in [0.29, 0.717) is 12.1 Å². The molecule has 1 aliphatic carbocycles. The van der Waals surface area contributed by atoms with Crippen molar-refractivity contribution in [2.24, 2.45) is 0 Å². The predicted molar refractivity (Wildman–Crippen MR) is 80.5 cm³/mol. The lowest BCUT2D eigenvalue weighted by atomic mass is 10.0. The van der Waals surface area contributed by atoms with Crippen LogP contribution in [-0.4, -0.2) is 0 Å². The van der Waals surface area contributed by atoms with E-state index in [-0.39, 0.29) is 0 Å². The first-order valence-electron chi connectivity index (χ1n) is 6.83. The molecular weight excluding hydrogens is 254 g/mol. The molecular formula is C17H18ClN. The highest BCUT2D eigenvalue weighted by atomic mass is 35.5. The summed E-state index contributed by atoms with van der Waals surface area (Å²) in [5.74, 6) is 0. The fourth-order valence-electron chi connectivity index (χ4n) is 2.88. The van der Waals surface area contributed by atoms with Gasteiger partial charge in [-0.15, -0.1) is 0 Å². The summed E-state index contributed by atoms with van der Waals surface area (Å²) in [7, 11) is 0. The molecule has 0 bridgehead atoms. The van der Waals surface area contributed by atoms with Gasteiger partial charge in [-0.1, -0.05) is 48.0 Å². The van der Waals surface area contributed by atoms with Crippen LogP contribution >= 0.6 is 11.6 Å². The van der Waals surface area contributed by atoms with Gasteiger partial charge in [-0.05, 0) is 48.6 Å². The summed E-state index contributed by atoms with van der Waals surface area (Å²) in [5, 5.41) is 4.52. The van der Waals surface area contributed by atoms with Gasteiger partial charge in [0.2, 0.25) is 0 Å². The normalized spacial score (nSPS) is 19.2. The molecule has 0 spiro atoms. The van der Waals surface area contributed by atoms with E-state index in [0.717, 1.165) is 5.02 Å². The van der Waals surface area contributed by atoms with E-state index in [9.17, 15) is 0 Å². The van der Waals surface area contributed by atoms with E-state index in [2.05, 4.69) is 48.6 Å². The van der Waals surface area contributed by atoms with Crippen LogP contribution in [0.4, 0.5) is 0 Å². The Bertz CT molecular complexity index is 562. The Hall–Kier alpha value is -1.31. The standard InChI is InChI=1S/C17H18ClN/c1-12(13-6-9-15(18)10-7-13)19-17-11-8-14-4-2-3-5-16(14)17/h2-7,9-10,12,17,19H,8,11H2,1H3/t12-,17?/m1/s1. The van der Waals surface area contributed by atoms with Crippen molar-refractivity contribution in [3.63, 3.8) is 0 Å². The largest absolute Gasteiger partial charge is 0.303 e. The van der Waals surface area contributed by atoms with Crippen LogP contribution in [0.2, 0.25) is 5.02 Å². The molecule has 0 heterocycles. The molecule has 3 rings (SSSR count). The summed E-state index contributed by atoms with van der Waals surface area (Å²) >= 11 is 5.93. The molecule has 1 N–H and O–H groups in total. The van der Waals surface area contributed by atoms with Crippen LogP contribution in [0, 0.1) is 0 Å². The van der Waals surface area contributed by atoms with Gasteiger partial charge in [-0.25, -0.2) is 0 Å². The molecule has 2 aromatic rings. The molecule has 1 unspecified atom stereocenters. The summed E-state index contributed by atoms with van der Waals surface area (Å²) in [6.45, 7) is 2.21. The van der Waals surface area contributed by atoms with Crippen LogP contribution in [0.5, 0.6) is 0 Å². The molecule has 98 valence electrons. The van der Waals surface area contributed by atoms with Gasteiger partial charge in [0.25, 0.3) is 0 Å². The molecule has 19 heavy (non-hydrogen) atoms. The highest BCUT2D eigenvalue weighted by molar-refractivity contribution is 6.30. The maximum Gasteiger partial charge on any atom is 0.0406 e. The molecule has 0 saturated carbocycles. The second-order valence-corrected chi connectivity index (χ2v) is 5.67. The molecule has 0 aliphatic heterocycles. The lowest BCUT2D eigenvalue weighted by Gasteiger charge is -2.21. The number of fused-ring (bicyclic) bond motifs is 1. The zero-order chi connectivity index (χ0) is 13.2. The Labute approximate surface area is 119 Å². The van der Waals surface area contributed by atoms with Crippen LogP contribution in [0.3, 0.4) is 0 Å². The average Bonchev–Trinajstić information content (AvgIpc) is 2.83. The van der Waals surface area contributed by atoms with Crippen LogP contribution in [-0.2, 0) is 6.42 Å². The summed E-state index contributed by atoms with van der Waals surface area (Å²) in [4.78, 5) is 0. The Morgan fingerprint density at radius 2 is 1.84 bits per heavy atom. The van der Waals surface area contributed by atoms with E-state index in [1.165, 1.54) is 29.5 Å². The second-order valence-electron chi connectivity index (χ2n) is 5.23. The number of nitrogens with one attached hydrogen (secondary N) is 1. The number of hydrogen-bond acceptors (Lipinski definition) is 1. The van der Waals surface area contributed by atoms with E-state index < -0.39 is 0 Å². The van der Waals surface area contributed by atoms with Crippen molar-refractivity contribution in [1.82, 2.24) is 5.32 Å². The highest BCUT2D eigenvalue weighted by Crippen LogP contribution is 2.32. The molecule has 0 radical (unpaired) electrons. The summed E-state index contributed by atoms with van der Waals surface area (Å²) < 4.78 is 0. The quantitative estimate of drug-likeness (QED) is 0.855. The first-order chi connectivity index (χ1) is 9.24. The topological polar surface area (TPSA) is 12.0 Å². The van der Waals surface area contributed by atoms with Gasteiger partial charge in [0.05, 0.1) is 0 Å². The maximum absolute atomic E-state index is 5.93. The Morgan fingerprint density at radius 1 is 1.11 bits per heavy atom. The van der Waals surface area contributed by atoms with Gasteiger partial charge in [0.1, 0.15) is 0 Å². The minimum atomic E-state index is 0.341. The fraction of sp³-hybridized carbons (Fsp3) is 0.294. The minimum Gasteiger partial charge on any atom is -0.303 e. The number of aryl methyl sites for hydroxylation is 1. The number of benzene rings is 2. The minimum absolute atomic E-state index is 0.341. The lowest BCUT2D eigenvalue weighted by Crippen LogP contribution is -2.22. The van der Waals surface area contributed by atoms with Crippen molar-refractivity contribution in [3.05, 3.63) is 70.2 Å². The summed E-state index contributed by atoms with van der Waals surface area (Å²) in [5.41, 5.74) is 4.24. The number of hydrogen-bond donors (Lipinski definition) is 1. The molecule has 1 aliphatic rings. The van der Waals surface area contributed by atoms with E-state index in [1.54, 1.807) is 0 Å². The SMILES string of the molecule is C[C@@H](NC1CCc2ccccc21)c1ccc(Cl)cc1. The van der Waals surface area contributed by atoms with Gasteiger partial charge in [0.15, 0.2) is 0 Å². The molecule has 0 amide bonds. The Morgan fingerprint density at radius 3 is 2.63 bits per heavy atom. The van der Waals surface area contributed by atoms with Gasteiger partial charge in [-0.2, -0.15) is 0 Å². The molecule has 0 fully saturated rings. The monoisotopic (exact) mass is 271 g/mol. The number of rotatable bonds is 3. The van der Waals surface area contributed by atoms with Crippen molar-refractivity contribution in [3.8, 4) is 0 Å². The third-order valence-corrected chi connectivity index (χ3v) is 4.21. The smallest absolute Gasteiger partial charge is 0.0406 e. The first-order valence-corrected chi connectivity index (χ1v) is 7.21. The lowest BCUT2D eigenvalue weighted by molar-refractivity contribution is 0.465. The van der Waals surface area contributed by atoms with Crippen molar-refractivity contribution < 1.29 is 0 Å². The van der Waals surface area contributed by atoms with Gasteiger partial charge < -0.3 is 5.32 Å². The van der Waals surface area contributed by atoms with Crippen LogP contribution in [0.25, 0.3) is 0 Å². The average molecular weight is 272 g/mol. The van der Waals surface area contributed by atoms with E-state index >= 15 is 0 Å². The van der Waals surface area contributed by atoms with Gasteiger partial charge in [0, 0.05) is 17.1 Å². The maximum atomic E-state index is 5.93. The van der Waals surface area contributed by atoms with Gasteiger partial charge in [-0.3, -0.25) is 0 Å². The Kier molecular flexibility index (Phi) is 3.58. The highest BCUT2D eigenvalue weighted by Gasteiger charge is 2.23. The van der Waals surface area contributed by atoms with Crippen molar-refractivity contribution in [1.29, 1.82) is 0 Å². The van der Waals surface area contributed by atoms with Crippen molar-refractivity contribution in [2.75, 3.05) is 0 Å². The van der Waals surface area contributed by atoms with Crippen molar-refractivity contribution in [2.45, 2.75) is 31.8 Å². The predicted octanol–water partition coefficient (Wildman–Crippen LogP) is 4.68. The summed E-state index contributed by atoms with van der Waals surface area (Å²) in [6.07, 6.45) is 2.37. The van der Waals surface area contributed by atoms with E-state index in [1.807, 2.05) is 12.1 Å².